The Morgan fingerprint density at radius 1 is 1.45 bits per heavy atom. The van der Waals surface area contributed by atoms with Gasteiger partial charge >= 0.3 is 5.97 Å². The van der Waals surface area contributed by atoms with E-state index in [1.807, 2.05) is 6.92 Å². The SMILES string of the molecule is CC(C(=O)O)(C1CN1)C1CN1. The van der Waals surface area contributed by atoms with Crippen LogP contribution in [0.4, 0.5) is 0 Å². The van der Waals surface area contributed by atoms with E-state index in [0.717, 1.165) is 13.1 Å². The standard InChI is InChI=1S/C7H12N2O2/c1-7(6(10)11,4-2-8-4)5-3-9-5/h4-5,8-9H,2-3H2,1H3,(H,10,11). The predicted molar refractivity (Wildman–Crippen MR) is 39.3 cm³/mol. The highest BCUT2D eigenvalue weighted by Crippen LogP contribution is 2.35. The molecule has 0 spiro atoms. The van der Waals surface area contributed by atoms with Crippen molar-refractivity contribution >= 4 is 5.97 Å². The predicted octanol–water partition coefficient (Wildman–Crippen LogP) is -0.979. The quantitative estimate of drug-likeness (QED) is 0.459. The van der Waals surface area contributed by atoms with Crippen LogP contribution in [0.25, 0.3) is 0 Å². The van der Waals surface area contributed by atoms with E-state index in [0.29, 0.717) is 0 Å². The summed E-state index contributed by atoms with van der Waals surface area (Å²) in [7, 11) is 0. The molecule has 0 radical (unpaired) electrons. The summed E-state index contributed by atoms with van der Waals surface area (Å²) < 4.78 is 0. The average molecular weight is 156 g/mol. The molecule has 2 aliphatic rings. The molecular weight excluding hydrogens is 144 g/mol. The molecule has 0 aromatic heterocycles. The fraction of sp³-hybridized carbons (Fsp3) is 0.857. The lowest BCUT2D eigenvalue weighted by atomic mass is 9.83. The summed E-state index contributed by atoms with van der Waals surface area (Å²) >= 11 is 0. The molecule has 62 valence electrons. The third kappa shape index (κ3) is 0.937. The molecule has 3 N–H and O–H groups in total. The van der Waals surface area contributed by atoms with E-state index in [9.17, 15) is 4.79 Å². The van der Waals surface area contributed by atoms with Gasteiger partial charge in [0.05, 0.1) is 5.41 Å². The lowest BCUT2D eigenvalue weighted by molar-refractivity contribution is -0.147. The van der Waals surface area contributed by atoms with E-state index in [1.165, 1.54) is 0 Å². The summed E-state index contributed by atoms with van der Waals surface area (Å²) in [5.74, 6) is -0.692. The summed E-state index contributed by atoms with van der Waals surface area (Å²) in [6.45, 7) is 3.51. The van der Waals surface area contributed by atoms with Crippen LogP contribution in [0.5, 0.6) is 0 Å². The minimum absolute atomic E-state index is 0.181. The second-order valence-corrected chi connectivity index (χ2v) is 3.51. The molecule has 4 heteroatoms. The van der Waals surface area contributed by atoms with Crippen LogP contribution in [-0.2, 0) is 4.79 Å². The Morgan fingerprint density at radius 2 is 1.82 bits per heavy atom. The van der Waals surface area contributed by atoms with Gasteiger partial charge in [0.2, 0.25) is 0 Å². The monoisotopic (exact) mass is 156 g/mol. The molecule has 0 bridgehead atoms. The number of carboxylic acid groups (broad SMARTS) is 1. The molecule has 0 aromatic rings. The zero-order chi connectivity index (χ0) is 8.06. The van der Waals surface area contributed by atoms with E-state index in [2.05, 4.69) is 10.6 Å². The Morgan fingerprint density at radius 3 is 2.00 bits per heavy atom. The lowest BCUT2D eigenvalue weighted by Gasteiger charge is -2.21. The number of hydrogen-bond donors (Lipinski definition) is 3. The lowest BCUT2D eigenvalue weighted by Crippen LogP contribution is -2.41. The summed E-state index contributed by atoms with van der Waals surface area (Å²) in [4.78, 5) is 10.9. The summed E-state index contributed by atoms with van der Waals surface area (Å²) in [6, 6.07) is 0.361. The van der Waals surface area contributed by atoms with E-state index in [1.54, 1.807) is 0 Å². The molecule has 2 rings (SSSR count). The highest BCUT2D eigenvalue weighted by atomic mass is 16.4. The second kappa shape index (κ2) is 1.95. The maximum absolute atomic E-state index is 10.9. The Kier molecular flexibility index (Phi) is 1.25. The second-order valence-electron chi connectivity index (χ2n) is 3.51. The Labute approximate surface area is 65.0 Å². The van der Waals surface area contributed by atoms with E-state index in [-0.39, 0.29) is 12.1 Å². The van der Waals surface area contributed by atoms with Gasteiger partial charge in [-0.1, -0.05) is 0 Å². The van der Waals surface area contributed by atoms with E-state index >= 15 is 0 Å². The summed E-state index contributed by atoms with van der Waals surface area (Å²) in [6.07, 6.45) is 0. The van der Waals surface area contributed by atoms with Gasteiger partial charge < -0.3 is 15.7 Å². The molecule has 2 unspecified atom stereocenters. The topological polar surface area (TPSA) is 81.2 Å². The van der Waals surface area contributed by atoms with E-state index in [4.69, 9.17) is 5.11 Å². The Balaban J connectivity index is 2.16. The van der Waals surface area contributed by atoms with Crippen molar-refractivity contribution in [2.45, 2.75) is 19.0 Å². The minimum Gasteiger partial charge on any atom is -0.481 e. The van der Waals surface area contributed by atoms with Crippen LogP contribution >= 0.6 is 0 Å². The molecule has 0 amide bonds. The van der Waals surface area contributed by atoms with Crippen LogP contribution in [-0.4, -0.2) is 36.2 Å². The fourth-order valence-electron chi connectivity index (χ4n) is 1.51. The zero-order valence-corrected chi connectivity index (χ0v) is 6.42. The first-order valence-corrected chi connectivity index (χ1v) is 3.86. The third-order valence-electron chi connectivity index (χ3n) is 2.73. The molecular formula is C7H12N2O2. The van der Waals surface area contributed by atoms with Crippen molar-refractivity contribution in [2.75, 3.05) is 13.1 Å². The van der Waals surface area contributed by atoms with Crippen LogP contribution in [0.3, 0.4) is 0 Å². The average Bonchev–Trinajstić information content (AvgIpc) is 2.79. The molecule has 2 atom stereocenters. The van der Waals surface area contributed by atoms with Gasteiger partial charge in [-0.2, -0.15) is 0 Å². The van der Waals surface area contributed by atoms with Crippen LogP contribution in [0.15, 0.2) is 0 Å². The normalized spacial score (nSPS) is 39.4. The van der Waals surface area contributed by atoms with Gasteiger partial charge in [-0.05, 0) is 6.92 Å². The van der Waals surface area contributed by atoms with E-state index < -0.39 is 11.4 Å². The minimum atomic E-state index is -0.692. The van der Waals surface area contributed by atoms with Crippen LogP contribution < -0.4 is 10.6 Å². The van der Waals surface area contributed by atoms with Gasteiger partial charge in [0.15, 0.2) is 0 Å². The molecule has 2 fully saturated rings. The maximum Gasteiger partial charge on any atom is 0.312 e. The largest absolute Gasteiger partial charge is 0.481 e. The Hall–Kier alpha value is -0.610. The van der Waals surface area contributed by atoms with Crippen molar-refractivity contribution in [3.63, 3.8) is 0 Å². The number of hydrogen-bond acceptors (Lipinski definition) is 3. The molecule has 0 aliphatic carbocycles. The first-order valence-electron chi connectivity index (χ1n) is 3.86. The fourth-order valence-corrected chi connectivity index (χ4v) is 1.51. The zero-order valence-electron chi connectivity index (χ0n) is 6.42. The first-order chi connectivity index (χ1) is 5.15. The molecule has 11 heavy (non-hydrogen) atoms. The van der Waals surface area contributed by atoms with Crippen LogP contribution in [0, 0.1) is 5.41 Å². The first kappa shape index (κ1) is 7.06. The van der Waals surface area contributed by atoms with Crippen LogP contribution in [0.1, 0.15) is 6.92 Å². The highest BCUT2D eigenvalue weighted by Gasteiger charge is 2.56. The van der Waals surface area contributed by atoms with Gasteiger partial charge in [0, 0.05) is 25.2 Å². The van der Waals surface area contributed by atoms with Crippen molar-refractivity contribution in [1.29, 1.82) is 0 Å². The third-order valence-corrected chi connectivity index (χ3v) is 2.73. The molecule has 2 saturated heterocycles. The maximum atomic E-state index is 10.9. The molecule has 2 heterocycles. The van der Waals surface area contributed by atoms with Gasteiger partial charge in [-0.3, -0.25) is 4.79 Å². The highest BCUT2D eigenvalue weighted by molar-refractivity contribution is 5.77. The molecule has 0 aromatic carbocycles. The number of aliphatic carboxylic acids is 1. The number of carbonyl (C=O) groups is 1. The van der Waals surface area contributed by atoms with Crippen molar-refractivity contribution in [3.05, 3.63) is 0 Å². The van der Waals surface area contributed by atoms with Crippen molar-refractivity contribution in [2.24, 2.45) is 5.41 Å². The summed E-state index contributed by atoms with van der Waals surface area (Å²) in [5.41, 5.74) is -0.583. The summed E-state index contributed by atoms with van der Waals surface area (Å²) in [5, 5.41) is 15.1. The van der Waals surface area contributed by atoms with Crippen LogP contribution in [0.2, 0.25) is 0 Å². The van der Waals surface area contributed by atoms with Gasteiger partial charge in [0.25, 0.3) is 0 Å². The molecule has 2 aliphatic heterocycles. The van der Waals surface area contributed by atoms with Crippen molar-refractivity contribution < 1.29 is 9.90 Å². The Bertz CT molecular complexity index is 185. The molecule has 0 saturated carbocycles. The van der Waals surface area contributed by atoms with Crippen molar-refractivity contribution in [1.82, 2.24) is 10.6 Å². The number of carboxylic acids is 1. The van der Waals surface area contributed by atoms with Gasteiger partial charge in [0.1, 0.15) is 0 Å². The molecule has 4 nitrogen and oxygen atoms in total. The number of rotatable bonds is 3. The smallest absolute Gasteiger partial charge is 0.312 e. The number of nitrogens with one attached hydrogen (secondary N) is 2. The van der Waals surface area contributed by atoms with Gasteiger partial charge in [-0.25, -0.2) is 0 Å². The van der Waals surface area contributed by atoms with Gasteiger partial charge in [-0.15, -0.1) is 0 Å². The van der Waals surface area contributed by atoms with Crippen molar-refractivity contribution in [3.8, 4) is 0 Å².